The molecule has 0 saturated heterocycles. The average molecular weight is 420 g/mol. The van der Waals surface area contributed by atoms with Crippen molar-refractivity contribution in [2.24, 2.45) is 5.92 Å². The maximum atomic E-state index is 12.2. The van der Waals surface area contributed by atoms with Gasteiger partial charge in [-0.15, -0.1) is 0 Å². The highest BCUT2D eigenvalue weighted by molar-refractivity contribution is 9.10. The van der Waals surface area contributed by atoms with Crippen LogP contribution in [0.25, 0.3) is 11.3 Å². The minimum atomic E-state index is -0.527. The SMILES string of the molecule is CC(C)C(NC(=O)OC(C)(C)C)c1nc2c([nH]1)-c1ccc(Br)cc1CC2. The Morgan fingerprint density at radius 1 is 1.31 bits per heavy atom. The molecule has 0 saturated carbocycles. The van der Waals surface area contributed by atoms with Crippen LogP contribution in [0.15, 0.2) is 22.7 Å². The van der Waals surface area contributed by atoms with Crippen LogP contribution >= 0.6 is 15.9 Å². The monoisotopic (exact) mass is 419 g/mol. The lowest BCUT2D eigenvalue weighted by molar-refractivity contribution is 0.0486. The van der Waals surface area contributed by atoms with E-state index in [1.165, 1.54) is 11.1 Å². The van der Waals surface area contributed by atoms with Crippen molar-refractivity contribution >= 4 is 22.0 Å². The van der Waals surface area contributed by atoms with Crippen molar-refractivity contribution in [2.75, 3.05) is 0 Å². The number of aryl methyl sites for hydroxylation is 2. The first-order chi connectivity index (χ1) is 12.1. The van der Waals surface area contributed by atoms with E-state index in [-0.39, 0.29) is 12.0 Å². The molecule has 140 valence electrons. The summed E-state index contributed by atoms with van der Waals surface area (Å²) in [6, 6.07) is 6.10. The van der Waals surface area contributed by atoms with E-state index >= 15 is 0 Å². The first-order valence-corrected chi connectivity index (χ1v) is 9.80. The third-order valence-electron chi connectivity index (χ3n) is 4.40. The Morgan fingerprint density at radius 3 is 2.69 bits per heavy atom. The molecule has 0 radical (unpaired) electrons. The number of hydrogen-bond acceptors (Lipinski definition) is 3. The molecular formula is C20H26BrN3O2. The molecule has 1 aromatic heterocycles. The Hall–Kier alpha value is -1.82. The van der Waals surface area contributed by atoms with Gasteiger partial charge in [-0.05, 0) is 57.2 Å². The van der Waals surface area contributed by atoms with Crippen LogP contribution in [0, 0.1) is 5.92 Å². The molecule has 5 nitrogen and oxygen atoms in total. The maximum absolute atomic E-state index is 12.2. The topological polar surface area (TPSA) is 67.0 Å². The van der Waals surface area contributed by atoms with E-state index in [0.29, 0.717) is 0 Å². The largest absolute Gasteiger partial charge is 0.444 e. The summed E-state index contributed by atoms with van der Waals surface area (Å²) in [7, 11) is 0. The van der Waals surface area contributed by atoms with Gasteiger partial charge in [0.1, 0.15) is 11.4 Å². The molecule has 1 aliphatic carbocycles. The van der Waals surface area contributed by atoms with Crippen LogP contribution in [0.4, 0.5) is 4.79 Å². The molecule has 26 heavy (non-hydrogen) atoms. The number of fused-ring (bicyclic) bond motifs is 3. The van der Waals surface area contributed by atoms with Crippen LogP contribution in [-0.4, -0.2) is 21.7 Å². The van der Waals surface area contributed by atoms with Crippen LogP contribution in [0.3, 0.4) is 0 Å². The summed E-state index contributed by atoms with van der Waals surface area (Å²) >= 11 is 3.54. The molecule has 0 spiro atoms. The van der Waals surface area contributed by atoms with Crippen molar-refractivity contribution in [3.63, 3.8) is 0 Å². The number of aromatic amines is 1. The first-order valence-electron chi connectivity index (χ1n) is 9.01. The number of imidazole rings is 1. The maximum Gasteiger partial charge on any atom is 0.408 e. The van der Waals surface area contributed by atoms with Gasteiger partial charge in [-0.2, -0.15) is 0 Å². The Bertz CT molecular complexity index is 821. The molecule has 3 rings (SSSR count). The number of carbonyl (C=O) groups is 1. The highest BCUT2D eigenvalue weighted by atomic mass is 79.9. The first kappa shape index (κ1) is 19.0. The molecule has 2 N–H and O–H groups in total. The molecule has 2 aromatic rings. The number of ether oxygens (including phenoxy) is 1. The number of carbonyl (C=O) groups excluding carboxylic acids is 1. The van der Waals surface area contributed by atoms with E-state index in [4.69, 9.17) is 9.72 Å². The van der Waals surface area contributed by atoms with Gasteiger partial charge in [0, 0.05) is 10.0 Å². The van der Waals surface area contributed by atoms with Crippen molar-refractivity contribution in [2.45, 2.75) is 59.1 Å². The molecule has 1 heterocycles. The summed E-state index contributed by atoms with van der Waals surface area (Å²) in [5.74, 6) is 0.964. The number of hydrogen-bond donors (Lipinski definition) is 2. The fourth-order valence-corrected chi connectivity index (χ4v) is 3.64. The number of H-pyrrole nitrogens is 1. The molecule has 1 aliphatic rings. The second-order valence-corrected chi connectivity index (χ2v) is 9.03. The fourth-order valence-electron chi connectivity index (χ4n) is 3.23. The number of alkyl carbamates (subject to hydrolysis) is 1. The van der Waals surface area contributed by atoms with Gasteiger partial charge in [-0.1, -0.05) is 35.8 Å². The number of nitrogens with one attached hydrogen (secondary N) is 2. The van der Waals surface area contributed by atoms with Crippen molar-refractivity contribution in [3.05, 3.63) is 39.8 Å². The average Bonchev–Trinajstić information content (AvgIpc) is 2.94. The Labute approximate surface area is 163 Å². The van der Waals surface area contributed by atoms with Crippen LogP contribution in [0.2, 0.25) is 0 Å². The molecule has 0 bridgehead atoms. The lowest BCUT2D eigenvalue weighted by Crippen LogP contribution is -2.37. The van der Waals surface area contributed by atoms with Crippen LogP contribution in [0.5, 0.6) is 0 Å². The van der Waals surface area contributed by atoms with Crippen molar-refractivity contribution < 1.29 is 9.53 Å². The summed E-state index contributed by atoms with van der Waals surface area (Å²) in [5, 5.41) is 2.97. The fraction of sp³-hybridized carbons (Fsp3) is 0.500. The molecule has 1 aromatic carbocycles. The molecule has 1 amide bonds. The van der Waals surface area contributed by atoms with Crippen LogP contribution in [-0.2, 0) is 17.6 Å². The van der Waals surface area contributed by atoms with Gasteiger partial charge in [-0.3, -0.25) is 0 Å². The van der Waals surface area contributed by atoms with Crippen molar-refractivity contribution in [1.29, 1.82) is 0 Å². The van der Waals surface area contributed by atoms with E-state index in [2.05, 4.69) is 52.2 Å². The highest BCUT2D eigenvalue weighted by Gasteiger charge is 2.28. The third-order valence-corrected chi connectivity index (χ3v) is 4.89. The summed E-state index contributed by atoms with van der Waals surface area (Å²) in [6.45, 7) is 9.70. The minimum Gasteiger partial charge on any atom is -0.444 e. The van der Waals surface area contributed by atoms with E-state index in [1.54, 1.807) is 0 Å². The Kier molecular flexibility index (Phi) is 5.15. The molecular weight excluding hydrogens is 394 g/mol. The molecule has 1 unspecified atom stereocenters. The number of amides is 1. The van der Waals surface area contributed by atoms with E-state index in [0.717, 1.165) is 34.5 Å². The predicted octanol–water partition coefficient (Wildman–Crippen LogP) is 5.16. The summed E-state index contributed by atoms with van der Waals surface area (Å²) in [5.41, 5.74) is 4.09. The van der Waals surface area contributed by atoms with Gasteiger partial charge in [0.05, 0.1) is 17.4 Å². The predicted molar refractivity (Wildman–Crippen MR) is 106 cm³/mol. The number of benzene rings is 1. The second kappa shape index (κ2) is 7.06. The van der Waals surface area contributed by atoms with Crippen LogP contribution < -0.4 is 5.32 Å². The number of nitrogens with zero attached hydrogens (tertiary/aromatic N) is 1. The Morgan fingerprint density at radius 2 is 2.04 bits per heavy atom. The zero-order valence-electron chi connectivity index (χ0n) is 15.9. The second-order valence-electron chi connectivity index (χ2n) is 8.11. The zero-order chi connectivity index (χ0) is 19.1. The van der Waals surface area contributed by atoms with Gasteiger partial charge < -0.3 is 15.0 Å². The molecule has 1 atom stereocenters. The summed E-state index contributed by atoms with van der Waals surface area (Å²) in [6.07, 6.45) is 1.44. The Balaban J connectivity index is 1.89. The van der Waals surface area contributed by atoms with Crippen molar-refractivity contribution in [1.82, 2.24) is 15.3 Å². The van der Waals surface area contributed by atoms with Gasteiger partial charge in [-0.25, -0.2) is 9.78 Å². The molecule has 0 aliphatic heterocycles. The normalized spacial score (nSPS) is 14.6. The standard InChI is InChI=1S/C20H26BrN3O2/c1-11(2)16(24-19(25)26-20(3,4)5)18-22-15-9-6-12-10-13(21)7-8-14(12)17(15)23-18/h7-8,10-11,16H,6,9H2,1-5H3,(H,22,23)(H,24,25). The van der Waals surface area contributed by atoms with E-state index in [1.807, 2.05) is 26.8 Å². The highest BCUT2D eigenvalue weighted by Crippen LogP contribution is 2.35. The van der Waals surface area contributed by atoms with E-state index < -0.39 is 11.7 Å². The van der Waals surface area contributed by atoms with Crippen molar-refractivity contribution in [3.8, 4) is 11.3 Å². The van der Waals surface area contributed by atoms with Gasteiger partial charge >= 0.3 is 6.09 Å². The van der Waals surface area contributed by atoms with Crippen LogP contribution in [0.1, 0.15) is 57.7 Å². The summed E-state index contributed by atoms with van der Waals surface area (Å²) < 4.78 is 6.50. The third kappa shape index (κ3) is 4.11. The molecule has 0 fully saturated rings. The summed E-state index contributed by atoms with van der Waals surface area (Å²) in [4.78, 5) is 20.5. The smallest absolute Gasteiger partial charge is 0.408 e. The number of aromatic nitrogens is 2. The van der Waals surface area contributed by atoms with E-state index in [9.17, 15) is 4.79 Å². The van der Waals surface area contributed by atoms with Gasteiger partial charge in [0.25, 0.3) is 0 Å². The van der Waals surface area contributed by atoms with Gasteiger partial charge in [0.15, 0.2) is 0 Å². The number of rotatable bonds is 3. The zero-order valence-corrected chi connectivity index (χ0v) is 17.5. The van der Waals surface area contributed by atoms with Gasteiger partial charge in [0.2, 0.25) is 0 Å². The lowest BCUT2D eigenvalue weighted by atomic mass is 9.92. The lowest BCUT2D eigenvalue weighted by Gasteiger charge is -2.24. The molecule has 6 heteroatoms. The quantitative estimate of drug-likeness (QED) is 0.721. The number of halogens is 1. The minimum absolute atomic E-state index is 0.180.